The normalized spacial score (nSPS) is 30.1. The number of rotatable bonds is 3. The quantitative estimate of drug-likeness (QED) is 0.742. The minimum absolute atomic E-state index is 0.239. The van der Waals surface area contributed by atoms with Crippen LogP contribution in [0.15, 0.2) is 0 Å². The number of nitrogens with zero attached hydrogens (tertiary/aromatic N) is 2. The zero-order valence-corrected chi connectivity index (χ0v) is 10.4. The first-order valence-electron chi connectivity index (χ1n) is 6.32. The van der Waals surface area contributed by atoms with Gasteiger partial charge in [-0.1, -0.05) is 0 Å². The molecule has 0 aromatic rings. The minimum atomic E-state index is 0.239. The zero-order chi connectivity index (χ0) is 11.5. The van der Waals surface area contributed by atoms with Gasteiger partial charge in [-0.05, 0) is 25.3 Å². The van der Waals surface area contributed by atoms with Gasteiger partial charge in [0.25, 0.3) is 0 Å². The highest BCUT2D eigenvalue weighted by Crippen LogP contribution is 2.24. The van der Waals surface area contributed by atoms with E-state index in [-0.39, 0.29) is 5.91 Å². The van der Waals surface area contributed by atoms with Crippen LogP contribution in [-0.2, 0) is 4.79 Å². The van der Waals surface area contributed by atoms with Gasteiger partial charge in [0.1, 0.15) is 0 Å². The molecule has 2 heterocycles. The van der Waals surface area contributed by atoms with Crippen LogP contribution in [-0.4, -0.2) is 62.0 Å². The number of fused-ring (bicyclic) bond motifs is 1. The molecule has 4 nitrogen and oxygen atoms in total. The van der Waals surface area contributed by atoms with Crippen LogP contribution in [0.2, 0.25) is 0 Å². The molecule has 2 aliphatic rings. The number of nitrogens with one attached hydrogen (secondary N) is 1. The summed E-state index contributed by atoms with van der Waals surface area (Å²) >= 11 is 0. The highest BCUT2D eigenvalue weighted by atomic mass is 16.2. The smallest absolute Gasteiger partial charge is 0.223 e. The SMILES string of the molecule is CN(C)C(=O)CCN1CC2CCCNC2C1. The second-order valence-electron chi connectivity index (χ2n) is 5.26. The van der Waals surface area contributed by atoms with Crippen molar-refractivity contribution in [2.24, 2.45) is 5.92 Å². The molecule has 2 saturated heterocycles. The van der Waals surface area contributed by atoms with Gasteiger partial charge in [-0.15, -0.1) is 0 Å². The van der Waals surface area contributed by atoms with Gasteiger partial charge in [0.05, 0.1) is 0 Å². The molecule has 92 valence electrons. The Bertz CT molecular complexity index is 241. The van der Waals surface area contributed by atoms with Crippen LogP contribution in [0, 0.1) is 5.92 Å². The fourth-order valence-electron chi connectivity index (χ4n) is 2.80. The van der Waals surface area contributed by atoms with Crippen molar-refractivity contribution < 1.29 is 4.79 Å². The van der Waals surface area contributed by atoms with E-state index >= 15 is 0 Å². The summed E-state index contributed by atoms with van der Waals surface area (Å²) in [5.41, 5.74) is 0. The van der Waals surface area contributed by atoms with Crippen molar-refractivity contribution in [3.63, 3.8) is 0 Å². The average Bonchev–Trinajstić information content (AvgIpc) is 2.68. The lowest BCUT2D eigenvalue weighted by atomic mass is 9.94. The third-order valence-electron chi connectivity index (χ3n) is 3.82. The van der Waals surface area contributed by atoms with Crippen molar-refractivity contribution in [1.82, 2.24) is 15.1 Å². The van der Waals surface area contributed by atoms with Crippen LogP contribution in [0.5, 0.6) is 0 Å². The number of carbonyl (C=O) groups excluding carboxylic acids is 1. The summed E-state index contributed by atoms with van der Waals surface area (Å²) in [6.07, 6.45) is 3.33. The summed E-state index contributed by atoms with van der Waals surface area (Å²) in [6.45, 7) is 4.40. The molecule has 0 spiro atoms. The number of hydrogen-bond acceptors (Lipinski definition) is 3. The second-order valence-corrected chi connectivity index (χ2v) is 5.26. The van der Waals surface area contributed by atoms with Crippen LogP contribution >= 0.6 is 0 Å². The molecule has 1 N–H and O–H groups in total. The van der Waals surface area contributed by atoms with Crippen LogP contribution in [0.1, 0.15) is 19.3 Å². The molecule has 2 fully saturated rings. The maximum atomic E-state index is 11.5. The predicted octanol–water partition coefficient (Wildman–Crippen LogP) is 0.149. The Balaban J connectivity index is 1.74. The lowest BCUT2D eigenvalue weighted by Crippen LogP contribution is -2.40. The fourth-order valence-corrected chi connectivity index (χ4v) is 2.80. The summed E-state index contributed by atoms with van der Waals surface area (Å²) in [6, 6.07) is 0.684. The lowest BCUT2D eigenvalue weighted by Gasteiger charge is -2.24. The highest BCUT2D eigenvalue weighted by Gasteiger charge is 2.33. The Morgan fingerprint density at radius 2 is 2.25 bits per heavy atom. The van der Waals surface area contributed by atoms with Gasteiger partial charge in [-0.25, -0.2) is 0 Å². The third kappa shape index (κ3) is 2.74. The van der Waals surface area contributed by atoms with E-state index in [4.69, 9.17) is 0 Å². The van der Waals surface area contributed by atoms with E-state index in [1.165, 1.54) is 25.9 Å². The molecule has 16 heavy (non-hydrogen) atoms. The summed E-state index contributed by atoms with van der Waals surface area (Å²) in [4.78, 5) is 15.6. The van der Waals surface area contributed by atoms with E-state index in [1.807, 2.05) is 14.1 Å². The zero-order valence-electron chi connectivity index (χ0n) is 10.4. The first-order chi connectivity index (χ1) is 7.66. The van der Waals surface area contributed by atoms with E-state index in [0.29, 0.717) is 12.5 Å². The number of carbonyl (C=O) groups is 1. The molecule has 1 amide bonds. The van der Waals surface area contributed by atoms with Crippen molar-refractivity contribution in [2.45, 2.75) is 25.3 Å². The van der Waals surface area contributed by atoms with Crippen LogP contribution in [0.25, 0.3) is 0 Å². The molecule has 0 radical (unpaired) electrons. The molecule has 2 aliphatic heterocycles. The molecule has 0 aliphatic carbocycles. The van der Waals surface area contributed by atoms with Gasteiger partial charge in [0, 0.05) is 46.2 Å². The highest BCUT2D eigenvalue weighted by molar-refractivity contribution is 5.75. The Labute approximate surface area is 98.0 Å². The standard InChI is InChI=1S/C12H23N3O/c1-14(2)12(16)5-7-15-8-10-4-3-6-13-11(10)9-15/h10-11,13H,3-9H2,1-2H3. The van der Waals surface area contributed by atoms with Crippen molar-refractivity contribution in [3.8, 4) is 0 Å². The first kappa shape index (κ1) is 11.9. The van der Waals surface area contributed by atoms with Gasteiger partial charge in [-0.2, -0.15) is 0 Å². The molecule has 0 aromatic heterocycles. The molecule has 4 heteroatoms. The molecule has 0 aromatic carbocycles. The number of amides is 1. The Morgan fingerprint density at radius 1 is 1.44 bits per heavy atom. The predicted molar refractivity (Wildman–Crippen MR) is 64.3 cm³/mol. The van der Waals surface area contributed by atoms with Gasteiger partial charge in [0.2, 0.25) is 5.91 Å². The molecular formula is C12H23N3O. The van der Waals surface area contributed by atoms with E-state index in [9.17, 15) is 4.79 Å². The number of piperidine rings is 1. The monoisotopic (exact) mass is 225 g/mol. The number of likely N-dealkylation sites (tertiary alicyclic amines) is 1. The topological polar surface area (TPSA) is 35.6 Å². The number of hydrogen-bond donors (Lipinski definition) is 1. The fraction of sp³-hybridized carbons (Fsp3) is 0.917. The molecular weight excluding hydrogens is 202 g/mol. The van der Waals surface area contributed by atoms with Gasteiger partial charge in [0.15, 0.2) is 0 Å². The largest absolute Gasteiger partial charge is 0.349 e. The van der Waals surface area contributed by atoms with Crippen molar-refractivity contribution in [3.05, 3.63) is 0 Å². The summed E-state index contributed by atoms with van der Waals surface area (Å²) in [5, 5.41) is 3.58. The van der Waals surface area contributed by atoms with Crippen LogP contribution < -0.4 is 5.32 Å². The average molecular weight is 225 g/mol. The Morgan fingerprint density at radius 3 is 2.94 bits per heavy atom. The molecule has 2 atom stereocenters. The van der Waals surface area contributed by atoms with E-state index in [2.05, 4.69) is 10.2 Å². The van der Waals surface area contributed by atoms with E-state index < -0.39 is 0 Å². The summed E-state index contributed by atoms with van der Waals surface area (Å²) < 4.78 is 0. The van der Waals surface area contributed by atoms with Crippen molar-refractivity contribution in [1.29, 1.82) is 0 Å². The van der Waals surface area contributed by atoms with Gasteiger partial charge < -0.3 is 15.1 Å². The van der Waals surface area contributed by atoms with E-state index in [0.717, 1.165) is 19.0 Å². The third-order valence-corrected chi connectivity index (χ3v) is 3.82. The molecule has 0 bridgehead atoms. The molecule has 2 unspecified atom stereocenters. The molecule has 0 saturated carbocycles. The van der Waals surface area contributed by atoms with Gasteiger partial charge in [-0.3, -0.25) is 4.79 Å². The van der Waals surface area contributed by atoms with Crippen LogP contribution in [0.4, 0.5) is 0 Å². The lowest BCUT2D eigenvalue weighted by molar-refractivity contribution is -0.128. The maximum Gasteiger partial charge on any atom is 0.223 e. The van der Waals surface area contributed by atoms with Crippen LogP contribution in [0.3, 0.4) is 0 Å². The maximum absolute atomic E-state index is 11.5. The van der Waals surface area contributed by atoms with Crippen molar-refractivity contribution in [2.75, 3.05) is 40.3 Å². The Kier molecular flexibility index (Phi) is 3.82. The molecule has 2 rings (SSSR count). The van der Waals surface area contributed by atoms with Crippen molar-refractivity contribution >= 4 is 5.91 Å². The Hall–Kier alpha value is -0.610. The minimum Gasteiger partial charge on any atom is -0.349 e. The first-order valence-corrected chi connectivity index (χ1v) is 6.32. The second kappa shape index (κ2) is 5.15. The van der Waals surface area contributed by atoms with E-state index in [1.54, 1.807) is 4.90 Å². The summed E-state index contributed by atoms with van der Waals surface area (Å²) in [5.74, 6) is 1.06. The summed E-state index contributed by atoms with van der Waals surface area (Å²) in [7, 11) is 3.65. The van der Waals surface area contributed by atoms with Gasteiger partial charge >= 0.3 is 0 Å².